The average molecular weight is 266 g/mol. The van der Waals surface area contributed by atoms with Gasteiger partial charge in [0.2, 0.25) is 0 Å². The second-order valence-electron chi connectivity index (χ2n) is 3.97. The molecule has 0 saturated carbocycles. The zero-order chi connectivity index (χ0) is 14.3. The molecular weight excluding hydrogens is 248 g/mol. The smallest absolute Gasteiger partial charge is 0.408 e. The number of aliphatic carboxylic acids is 1. The Morgan fingerprint density at radius 3 is 2.74 bits per heavy atom. The predicted octanol–water partition coefficient (Wildman–Crippen LogP) is 1.82. The zero-order valence-electron chi connectivity index (χ0n) is 11.0. The van der Waals surface area contributed by atoms with Crippen molar-refractivity contribution in [2.75, 3.05) is 12.4 Å². The molecule has 0 saturated heterocycles. The van der Waals surface area contributed by atoms with Gasteiger partial charge < -0.3 is 20.5 Å². The van der Waals surface area contributed by atoms with Gasteiger partial charge in [0.15, 0.2) is 0 Å². The lowest BCUT2D eigenvalue weighted by Gasteiger charge is -2.12. The maximum absolute atomic E-state index is 11.4. The Balaban J connectivity index is 2.47. The fraction of sp³-hybridized carbons (Fsp3) is 0.385. The van der Waals surface area contributed by atoms with Crippen molar-refractivity contribution in [1.29, 1.82) is 0 Å². The van der Waals surface area contributed by atoms with E-state index < -0.39 is 18.1 Å². The molecule has 0 heterocycles. The first-order valence-electron chi connectivity index (χ1n) is 5.99. The molecular formula is C13H18N2O4. The van der Waals surface area contributed by atoms with E-state index in [4.69, 9.17) is 9.84 Å². The van der Waals surface area contributed by atoms with E-state index in [-0.39, 0.29) is 6.61 Å². The van der Waals surface area contributed by atoms with Gasteiger partial charge in [-0.15, -0.1) is 0 Å². The van der Waals surface area contributed by atoms with Crippen molar-refractivity contribution in [3.05, 3.63) is 29.8 Å². The Morgan fingerprint density at radius 1 is 1.42 bits per heavy atom. The van der Waals surface area contributed by atoms with Crippen LogP contribution < -0.4 is 10.6 Å². The van der Waals surface area contributed by atoms with Crippen LogP contribution in [0.25, 0.3) is 0 Å². The van der Waals surface area contributed by atoms with Crippen LogP contribution in [0.2, 0.25) is 0 Å². The van der Waals surface area contributed by atoms with Crippen LogP contribution >= 0.6 is 0 Å². The van der Waals surface area contributed by atoms with Crippen LogP contribution in [-0.4, -0.2) is 30.3 Å². The van der Waals surface area contributed by atoms with E-state index in [9.17, 15) is 9.59 Å². The minimum Gasteiger partial charge on any atom is -0.480 e. The van der Waals surface area contributed by atoms with Gasteiger partial charge in [0.05, 0.1) is 0 Å². The highest BCUT2D eigenvalue weighted by Crippen LogP contribution is 2.10. The summed E-state index contributed by atoms with van der Waals surface area (Å²) in [6, 6.07) is 6.48. The minimum absolute atomic E-state index is 0.0946. The molecule has 1 rings (SSSR count). The van der Waals surface area contributed by atoms with Crippen LogP contribution in [0.15, 0.2) is 24.3 Å². The number of benzene rings is 1. The normalized spacial score (nSPS) is 11.5. The molecule has 0 aliphatic carbocycles. The summed E-state index contributed by atoms with van der Waals surface area (Å²) in [6.07, 6.45) is -0.427. The van der Waals surface area contributed by atoms with Gasteiger partial charge in [-0.05, 0) is 24.1 Å². The highest BCUT2D eigenvalue weighted by molar-refractivity contribution is 5.79. The minimum atomic E-state index is -1.07. The Hall–Kier alpha value is -2.24. The van der Waals surface area contributed by atoms with Crippen molar-refractivity contribution < 1.29 is 19.4 Å². The summed E-state index contributed by atoms with van der Waals surface area (Å²) in [5.41, 5.74) is 1.74. The summed E-state index contributed by atoms with van der Waals surface area (Å²) < 4.78 is 4.97. The van der Waals surface area contributed by atoms with Crippen molar-refractivity contribution in [3.8, 4) is 0 Å². The largest absolute Gasteiger partial charge is 0.480 e. The van der Waals surface area contributed by atoms with Gasteiger partial charge in [-0.25, -0.2) is 9.59 Å². The van der Waals surface area contributed by atoms with Gasteiger partial charge in [-0.2, -0.15) is 0 Å². The fourth-order valence-corrected chi connectivity index (χ4v) is 1.49. The Kier molecular flexibility index (Phi) is 5.66. The number of nitrogens with one attached hydrogen (secondary N) is 2. The van der Waals surface area contributed by atoms with Crippen LogP contribution in [0.3, 0.4) is 0 Å². The van der Waals surface area contributed by atoms with Gasteiger partial charge in [-0.3, -0.25) is 0 Å². The molecule has 6 nitrogen and oxygen atoms in total. The summed E-state index contributed by atoms with van der Waals surface area (Å²) in [4.78, 5) is 22.2. The van der Waals surface area contributed by atoms with Crippen molar-refractivity contribution in [2.24, 2.45) is 0 Å². The molecule has 1 atom stereocenters. The Bertz CT molecular complexity index is 448. The van der Waals surface area contributed by atoms with Crippen LogP contribution in [0, 0.1) is 0 Å². The van der Waals surface area contributed by atoms with Gasteiger partial charge in [0, 0.05) is 12.7 Å². The highest BCUT2D eigenvalue weighted by atomic mass is 16.5. The molecule has 0 fully saturated rings. The molecule has 1 amide bonds. The van der Waals surface area contributed by atoms with E-state index in [2.05, 4.69) is 10.6 Å². The monoisotopic (exact) mass is 266 g/mol. The van der Waals surface area contributed by atoms with Crippen molar-refractivity contribution in [2.45, 2.75) is 26.0 Å². The number of carboxylic acids is 1. The Morgan fingerprint density at radius 2 is 2.16 bits per heavy atom. The second-order valence-corrected chi connectivity index (χ2v) is 3.97. The third-order valence-electron chi connectivity index (χ3n) is 2.58. The van der Waals surface area contributed by atoms with Crippen LogP contribution in [0.5, 0.6) is 0 Å². The van der Waals surface area contributed by atoms with Crippen molar-refractivity contribution >= 4 is 17.7 Å². The summed E-state index contributed by atoms with van der Waals surface area (Å²) in [7, 11) is 1.80. The van der Waals surface area contributed by atoms with E-state index in [0.29, 0.717) is 6.42 Å². The van der Waals surface area contributed by atoms with Gasteiger partial charge in [0.1, 0.15) is 12.6 Å². The lowest BCUT2D eigenvalue weighted by molar-refractivity contribution is -0.139. The number of hydrogen-bond acceptors (Lipinski definition) is 4. The van der Waals surface area contributed by atoms with E-state index in [1.165, 1.54) is 0 Å². The SMILES string of the molecule is CCC(NC(=O)OCc1cccc(NC)c1)C(=O)O. The maximum Gasteiger partial charge on any atom is 0.408 e. The first-order valence-corrected chi connectivity index (χ1v) is 5.99. The molecule has 0 aliphatic rings. The predicted molar refractivity (Wildman–Crippen MR) is 71.0 cm³/mol. The number of hydrogen-bond donors (Lipinski definition) is 3. The number of carbonyl (C=O) groups is 2. The molecule has 6 heteroatoms. The number of anilines is 1. The highest BCUT2D eigenvalue weighted by Gasteiger charge is 2.18. The van der Waals surface area contributed by atoms with E-state index in [1.54, 1.807) is 14.0 Å². The molecule has 19 heavy (non-hydrogen) atoms. The van der Waals surface area contributed by atoms with Crippen molar-refractivity contribution in [1.82, 2.24) is 5.32 Å². The first-order chi connectivity index (χ1) is 9.06. The second kappa shape index (κ2) is 7.25. The summed E-state index contributed by atoms with van der Waals surface area (Å²) >= 11 is 0. The van der Waals surface area contributed by atoms with Gasteiger partial charge in [0.25, 0.3) is 0 Å². The quantitative estimate of drug-likeness (QED) is 0.731. The topological polar surface area (TPSA) is 87.7 Å². The lowest BCUT2D eigenvalue weighted by Crippen LogP contribution is -2.40. The number of carboxylic acid groups (broad SMARTS) is 1. The summed E-state index contributed by atoms with van der Waals surface area (Å²) in [6.45, 7) is 1.77. The van der Waals surface area contributed by atoms with Gasteiger partial charge in [-0.1, -0.05) is 19.1 Å². The van der Waals surface area contributed by atoms with E-state index in [1.807, 2.05) is 24.3 Å². The Labute approximate surface area is 111 Å². The lowest BCUT2D eigenvalue weighted by atomic mass is 10.2. The summed E-state index contributed by atoms with van der Waals surface area (Å²) in [5, 5.41) is 14.1. The molecule has 104 valence electrons. The molecule has 0 aromatic heterocycles. The molecule has 3 N–H and O–H groups in total. The summed E-state index contributed by atoms with van der Waals surface area (Å²) in [5.74, 6) is -1.07. The molecule has 0 radical (unpaired) electrons. The van der Waals surface area contributed by atoms with Crippen LogP contribution in [-0.2, 0) is 16.1 Å². The molecule has 1 unspecified atom stereocenters. The van der Waals surface area contributed by atoms with Gasteiger partial charge >= 0.3 is 12.1 Å². The average Bonchev–Trinajstić information content (AvgIpc) is 2.42. The fourth-order valence-electron chi connectivity index (χ4n) is 1.49. The number of alkyl carbamates (subject to hydrolysis) is 1. The number of amides is 1. The number of ether oxygens (including phenoxy) is 1. The maximum atomic E-state index is 11.4. The first kappa shape index (κ1) is 14.8. The molecule has 0 spiro atoms. The molecule has 0 bridgehead atoms. The van der Waals surface area contributed by atoms with E-state index in [0.717, 1.165) is 11.3 Å². The standard InChI is InChI=1S/C13H18N2O4/c1-3-11(12(16)17)15-13(18)19-8-9-5-4-6-10(7-9)14-2/h4-7,11,14H,3,8H2,1-2H3,(H,15,18)(H,16,17). The molecule has 1 aromatic rings. The van der Waals surface area contributed by atoms with Crippen LogP contribution in [0.4, 0.5) is 10.5 Å². The third-order valence-corrected chi connectivity index (χ3v) is 2.58. The number of rotatable bonds is 6. The molecule has 1 aromatic carbocycles. The van der Waals surface area contributed by atoms with E-state index >= 15 is 0 Å². The zero-order valence-corrected chi connectivity index (χ0v) is 11.0. The number of carbonyl (C=O) groups excluding carboxylic acids is 1. The van der Waals surface area contributed by atoms with Crippen LogP contribution in [0.1, 0.15) is 18.9 Å². The van der Waals surface area contributed by atoms with Crippen molar-refractivity contribution in [3.63, 3.8) is 0 Å². The third kappa shape index (κ3) is 4.87. The molecule has 0 aliphatic heterocycles.